The monoisotopic (exact) mass is 290 g/mol. The van der Waals surface area contributed by atoms with Crippen LogP contribution in [0.2, 0.25) is 0 Å². The highest BCUT2D eigenvalue weighted by Crippen LogP contribution is 2.16. The average molecular weight is 290 g/mol. The molecule has 1 amide bonds. The second-order valence-electron chi connectivity index (χ2n) is 5.80. The number of aliphatic hydroxyl groups excluding tert-OH is 1. The second-order valence-corrected chi connectivity index (χ2v) is 5.80. The van der Waals surface area contributed by atoms with Gasteiger partial charge in [0.15, 0.2) is 5.65 Å². The molecule has 0 fully saturated rings. The van der Waals surface area contributed by atoms with Crippen molar-refractivity contribution in [3.05, 3.63) is 23.5 Å². The van der Waals surface area contributed by atoms with Crippen molar-refractivity contribution in [3.63, 3.8) is 0 Å². The van der Waals surface area contributed by atoms with Crippen LogP contribution in [-0.4, -0.2) is 38.4 Å². The van der Waals surface area contributed by atoms with Crippen LogP contribution < -0.4 is 5.32 Å². The molecule has 0 aromatic carbocycles. The molecule has 1 unspecified atom stereocenters. The Kier molecular flexibility index (Phi) is 4.57. The van der Waals surface area contributed by atoms with Crippen LogP contribution in [0.4, 0.5) is 0 Å². The molecule has 2 heterocycles. The molecular formula is C15H22N4O2. The molecule has 0 radical (unpaired) electrons. The minimum atomic E-state index is -0.522. The fourth-order valence-corrected chi connectivity index (χ4v) is 2.37. The summed E-state index contributed by atoms with van der Waals surface area (Å²) in [5, 5.41) is 17.7. The van der Waals surface area contributed by atoms with Crippen molar-refractivity contribution in [2.24, 2.45) is 13.0 Å². The molecule has 6 nitrogen and oxygen atoms in total. The number of carbonyl (C=O) groups is 1. The first kappa shape index (κ1) is 15.4. The first-order chi connectivity index (χ1) is 9.88. The summed E-state index contributed by atoms with van der Waals surface area (Å²) in [4.78, 5) is 16.4. The summed E-state index contributed by atoms with van der Waals surface area (Å²) in [5.41, 5.74) is 2.08. The predicted octanol–water partition coefficient (Wildman–Crippen LogP) is 1.41. The Morgan fingerprint density at radius 2 is 2.19 bits per heavy atom. The lowest BCUT2D eigenvalue weighted by atomic mass is 10.1. The Morgan fingerprint density at radius 3 is 2.86 bits per heavy atom. The number of aliphatic hydroxyl groups is 1. The topological polar surface area (TPSA) is 80.0 Å². The predicted molar refractivity (Wildman–Crippen MR) is 81.0 cm³/mol. The summed E-state index contributed by atoms with van der Waals surface area (Å²) < 4.78 is 1.69. The van der Waals surface area contributed by atoms with Crippen LogP contribution in [0.25, 0.3) is 11.0 Å². The maximum absolute atomic E-state index is 12.1. The van der Waals surface area contributed by atoms with E-state index in [4.69, 9.17) is 0 Å². The van der Waals surface area contributed by atoms with Crippen molar-refractivity contribution in [3.8, 4) is 0 Å². The molecule has 114 valence electrons. The van der Waals surface area contributed by atoms with Gasteiger partial charge in [0.2, 0.25) is 0 Å². The first-order valence-electron chi connectivity index (χ1n) is 7.14. The molecule has 2 aromatic rings. The van der Waals surface area contributed by atoms with Gasteiger partial charge in [0.1, 0.15) is 0 Å². The zero-order valence-corrected chi connectivity index (χ0v) is 12.9. The van der Waals surface area contributed by atoms with Gasteiger partial charge in [0, 0.05) is 25.2 Å². The number of pyridine rings is 1. The molecule has 0 saturated heterocycles. The van der Waals surface area contributed by atoms with Crippen LogP contribution in [0.3, 0.4) is 0 Å². The highest BCUT2D eigenvalue weighted by atomic mass is 16.3. The number of aromatic nitrogens is 3. The third kappa shape index (κ3) is 3.58. The standard InChI is InChI=1S/C15H22N4O2/c1-9(2)5-12(20)8-17-15(21)11-6-13-10(3)18-19(4)14(13)16-7-11/h6-7,9,12,20H,5,8H2,1-4H3,(H,17,21). The van der Waals surface area contributed by atoms with E-state index in [0.717, 1.165) is 16.7 Å². The summed E-state index contributed by atoms with van der Waals surface area (Å²) >= 11 is 0. The Balaban J connectivity index is 2.07. The van der Waals surface area contributed by atoms with Crippen molar-refractivity contribution in [1.82, 2.24) is 20.1 Å². The molecule has 0 bridgehead atoms. The Hall–Kier alpha value is -1.95. The van der Waals surface area contributed by atoms with E-state index in [-0.39, 0.29) is 12.5 Å². The van der Waals surface area contributed by atoms with E-state index in [1.807, 2.05) is 27.8 Å². The van der Waals surface area contributed by atoms with Crippen LogP contribution >= 0.6 is 0 Å². The molecule has 2 aromatic heterocycles. The third-order valence-electron chi connectivity index (χ3n) is 3.37. The average Bonchev–Trinajstić information content (AvgIpc) is 2.70. The Morgan fingerprint density at radius 1 is 1.48 bits per heavy atom. The quantitative estimate of drug-likeness (QED) is 0.872. The third-order valence-corrected chi connectivity index (χ3v) is 3.37. The number of rotatable bonds is 5. The highest BCUT2D eigenvalue weighted by Gasteiger charge is 2.13. The van der Waals surface area contributed by atoms with Gasteiger partial charge in [-0.25, -0.2) is 4.98 Å². The van der Waals surface area contributed by atoms with E-state index in [1.165, 1.54) is 6.20 Å². The van der Waals surface area contributed by atoms with Crippen molar-refractivity contribution in [1.29, 1.82) is 0 Å². The molecule has 2 N–H and O–H groups in total. The number of hydrogen-bond acceptors (Lipinski definition) is 4. The van der Waals surface area contributed by atoms with Gasteiger partial charge >= 0.3 is 0 Å². The summed E-state index contributed by atoms with van der Waals surface area (Å²) in [5.74, 6) is 0.170. The number of fused-ring (bicyclic) bond motifs is 1. The molecule has 21 heavy (non-hydrogen) atoms. The molecule has 2 rings (SSSR count). The van der Waals surface area contributed by atoms with E-state index in [0.29, 0.717) is 17.9 Å². The van der Waals surface area contributed by atoms with Gasteiger partial charge in [-0.05, 0) is 25.3 Å². The minimum Gasteiger partial charge on any atom is -0.391 e. The SMILES string of the molecule is Cc1nn(C)c2ncc(C(=O)NCC(O)CC(C)C)cc12. The Labute approximate surface area is 124 Å². The molecule has 0 aliphatic rings. The van der Waals surface area contributed by atoms with Crippen LogP contribution in [0, 0.1) is 12.8 Å². The van der Waals surface area contributed by atoms with Gasteiger partial charge in [0.05, 0.1) is 17.4 Å². The van der Waals surface area contributed by atoms with Gasteiger partial charge in [-0.15, -0.1) is 0 Å². The molecule has 1 atom stereocenters. The van der Waals surface area contributed by atoms with Gasteiger partial charge in [0.25, 0.3) is 5.91 Å². The van der Waals surface area contributed by atoms with Gasteiger partial charge in [-0.3, -0.25) is 9.48 Å². The minimum absolute atomic E-state index is 0.226. The fourth-order valence-electron chi connectivity index (χ4n) is 2.37. The number of carbonyl (C=O) groups excluding carboxylic acids is 1. The maximum Gasteiger partial charge on any atom is 0.252 e. The largest absolute Gasteiger partial charge is 0.391 e. The van der Waals surface area contributed by atoms with Gasteiger partial charge in [-0.2, -0.15) is 5.10 Å². The Bertz CT molecular complexity index is 648. The smallest absolute Gasteiger partial charge is 0.252 e. The number of hydrogen-bond donors (Lipinski definition) is 2. The highest BCUT2D eigenvalue weighted by molar-refractivity contribution is 5.97. The lowest BCUT2D eigenvalue weighted by molar-refractivity contribution is 0.0900. The first-order valence-corrected chi connectivity index (χ1v) is 7.14. The zero-order chi connectivity index (χ0) is 15.6. The maximum atomic E-state index is 12.1. The van der Waals surface area contributed by atoms with Crippen molar-refractivity contribution in [2.45, 2.75) is 33.3 Å². The number of amides is 1. The summed E-state index contributed by atoms with van der Waals surface area (Å²) in [6.07, 6.45) is 1.68. The molecule has 0 aliphatic heterocycles. The fraction of sp³-hybridized carbons (Fsp3) is 0.533. The second kappa shape index (κ2) is 6.22. The van der Waals surface area contributed by atoms with Crippen molar-refractivity contribution >= 4 is 16.9 Å². The molecule has 0 aliphatic carbocycles. The lowest BCUT2D eigenvalue weighted by Crippen LogP contribution is -2.32. The number of nitrogens with one attached hydrogen (secondary N) is 1. The van der Waals surface area contributed by atoms with E-state index in [1.54, 1.807) is 10.7 Å². The van der Waals surface area contributed by atoms with Crippen LogP contribution in [0.1, 0.15) is 36.3 Å². The normalized spacial score (nSPS) is 12.9. The molecule has 6 heteroatoms. The van der Waals surface area contributed by atoms with Crippen LogP contribution in [0.15, 0.2) is 12.3 Å². The molecular weight excluding hydrogens is 268 g/mol. The molecule has 0 saturated carbocycles. The van der Waals surface area contributed by atoms with Crippen LogP contribution in [-0.2, 0) is 7.05 Å². The van der Waals surface area contributed by atoms with Gasteiger partial charge in [-0.1, -0.05) is 13.8 Å². The number of nitrogens with zero attached hydrogens (tertiary/aromatic N) is 3. The molecule has 0 spiro atoms. The van der Waals surface area contributed by atoms with E-state index < -0.39 is 6.10 Å². The zero-order valence-electron chi connectivity index (χ0n) is 12.9. The van der Waals surface area contributed by atoms with E-state index in [2.05, 4.69) is 15.4 Å². The summed E-state index contributed by atoms with van der Waals surface area (Å²) in [7, 11) is 1.82. The van der Waals surface area contributed by atoms with E-state index in [9.17, 15) is 9.90 Å². The van der Waals surface area contributed by atoms with Crippen LogP contribution in [0.5, 0.6) is 0 Å². The van der Waals surface area contributed by atoms with Gasteiger partial charge < -0.3 is 10.4 Å². The number of aryl methyl sites for hydroxylation is 2. The summed E-state index contributed by atoms with van der Waals surface area (Å²) in [6, 6.07) is 1.79. The summed E-state index contributed by atoms with van der Waals surface area (Å²) in [6.45, 7) is 6.21. The van der Waals surface area contributed by atoms with Crippen molar-refractivity contribution in [2.75, 3.05) is 6.54 Å². The van der Waals surface area contributed by atoms with E-state index >= 15 is 0 Å². The van der Waals surface area contributed by atoms with Crippen molar-refractivity contribution < 1.29 is 9.90 Å². The lowest BCUT2D eigenvalue weighted by Gasteiger charge is -2.13.